The third-order valence-corrected chi connectivity index (χ3v) is 4.62. The highest BCUT2D eigenvalue weighted by Crippen LogP contribution is 2.37. The van der Waals surface area contributed by atoms with Gasteiger partial charge in [-0.2, -0.15) is 5.10 Å². The van der Waals surface area contributed by atoms with Gasteiger partial charge in [0.1, 0.15) is 0 Å². The molecule has 1 aromatic rings. The average molecular weight is 263 g/mol. The van der Waals surface area contributed by atoms with Crippen molar-refractivity contribution in [2.75, 3.05) is 6.61 Å². The minimum Gasteiger partial charge on any atom is -0.394 e. The van der Waals surface area contributed by atoms with Gasteiger partial charge in [0.15, 0.2) is 0 Å². The van der Waals surface area contributed by atoms with Gasteiger partial charge in [-0.25, -0.2) is 0 Å². The van der Waals surface area contributed by atoms with E-state index in [0.29, 0.717) is 18.6 Å². The maximum atomic E-state index is 9.09. The van der Waals surface area contributed by atoms with E-state index in [1.165, 1.54) is 43.4 Å². The molecule has 1 fully saturated rings. The van der Waals surface area contributed by atoms with Crippen LogP contribution in [0.1, 0.15) is 56.3 Å². The normalized spacial score (nSPS) is 24.2. The van der Waals surface area contributed by atoms with Crippen molar-refractivity contribution >= 4 is 0 Å². The molecule has 0 bridgehead atoms. The van der Waals surface area contributed by atoms with Crippen LogP contribution in [0.3, 0.4) is 0 Å². The van der Waals surface area contributed by atoms with Crippen LogP contribution < -0.4 is 5.32 Å². The monoisotopic (exact) mass is 263 g/mol. The standard InChI is InChI=1S/C15H25N3O/c1-2-13(11-6-7-11)17-14-4-3-5-15-12(14)10-16-18(15)8-9-19/h10-11,13-14,17,19H,2-9H2,1H3. The molecule has 1 heterocycles. The number of aromatic nitrogens is 2. The highest BCUT2D eigenvalue weighted by molar-refractivity contribution is 5.25. The van der Waals surface area contributed by atoms with Gasteiger partial charge in [0.2, 0.25) is 0 Å². The Hall–Kier alpha value is -0.870. The van der Waals surface area contributed by atoms with Gasteiger partial charge in [-0.15, -0.1) is 0 Å². The third-order valence-electron chi connectivity index (χ3n) is 4.62. The van der Waals surface area contributed by atoms with Crippen molar-refractivity contribution in [3.63, 3.8) is 0 Å². The lowest BCUT2D eigenvalue weighted by molar-refractivity contribution is 0.266. The van der Waals surface area contributed by atoms with E-state index in [2.05, 4.69) is 17.3 Å². The van der Waals surface area contributed by atoms with E-state index in [-0.39, 0.29) is 6.61 Å². The van der Waals surface area contributed by atoms with E-state index in [0.717, 1.165) is 12.3 Å². The molecule has 0 aromatic carbocycles. The van der Waals surface area contributed by atoms with E-state index >= 15 is 0 Å². The highest BCUT2D eigenvalue weighted by atomic mass is 16.3. The summed E-state index contributed by atoms with van der Waals surface area (Å²) in [6.45, 7) is 3.09. The minimum absolute atomic E-state index is 0.172. The van der Waals surface area contributed by atoms with Crippen LogP contribution in [0.4, 0.5) is 0 Å². The molecule has 1 aromatic heterocycles. The van der Waals surface area contributed by atoms with Crippen LogP contribution in [-0.2, 0) is 13.0 Å². The van der Waals surface area contributed by atoms with Gasteiger partial charge in [0.25, 0.3) is 0 Å². The molecular weight excluding hydrogens is 238 g/mol. The van der Waals surface area contributed by atoms with Gasteiger partial charge in [-0.3, -0.25) is 4.68 Å². The summed E-state index contributed by atoms with van der Waals surface area (Å²) in [6.07, 6.45) is 9.59. The summed E-state index contributed by atoms with van der Waals surface area (Å²) in [7, 11) is 0. The quantitative estimate of drug-likeness (QED) is 0.825. The smallest absolute Gasteiger partial charge is 0.0644 e. The Labute approximate surface area is 115 Å². The van der Waals surface area contributed by atoms with Crippen LogP contribution in [0.25, 0.3) is 0 Å². The number of hydrogen-bond acceptors (Lipinski definition) is 3. The Balaban J connectivity index is 1.74. The van der Waals surface area contributed by atoms with Crippen molar-refractivity contribution in [1.82, 2.24) is 15.1 Å². The second kappa shape index (κ2) is 5.63. The molecule has 0 saturated heterocycles. The lowest BCUT2D eigenvalue weighted by Gasteiger charge is -2.28. The van der Waals surface area contributed by atoms with Crippen LogP contribution in [0.15, 0.2) is 6.20 Å². The van der Waals surface area contributed by atoms with Crippen molar-refractivity contribution in [2.45, 2.75) is 64.1 Å². The van der Waals surface area contributed by atoms with Crippen molar-refractivity contribution < 1.29 is 5.11 Å². The predicted molar refractivity (Wildman–Crippen MR) is 74.9 cm³/mol. The van der Waals surface area contributed by atoms with Gasteiger partial charge in [-0.1, -0.05) is 6.92 Å². The minimum atomic E-state index is 0.172. The van der Waals surface area contributed by atoms with Gasteiger partial charge in [0.05, 0.1) is 19.3 Å². The number of aliphatic hydroxyl groups is 1. The fourth-order valence-electron chi connectivity index (χ4n) is 3.42. The molecular formula is C15H25N3O. The number of nitrogens with zero attached hydrogens (tertiary/aromatic N) is 2. The van der Waals surface area contributed by atoms with Crippen LogP contribution in [-0.4, -0.2) is 27.5 Å². The maximum Gasteiger partial charge on any atom is 0.0644 e. The second-order valence-electron chi connectivity index (χ2n) is 5.96. The van der Waals surface area contributed by atoms with Gasteiger partial charge < -0.3 is 10.4 Å². The van der Waals surface area contributed by atoms with Gasteiger partial charge in [-0.05, 0) is 44.4 Å². The third kappa shape index (κ3) is 2.70. The predicted octanol–water partition coefficient (Wildman–Crippen LogP) is 2.03. The molecule has 2 atom stereocenters. The first-order chi connectivity index (χ1) is 9.33. The molecule has 4 heteroatoms. The largest absolute Gasteiger partial charge is 0.394 e. The zero-order valence-electron chi connectivity index (χ0n) is 11.8. The summed E-state index contributed by atoms with van der Waals surface area (Å²) in [4.78, 5) is 0. The van der Waals surface area contributed by atoms with Crippen molar-refractivity contribution in [3.8, 4) is 0 Å². The van der Waals surface area contributed by atoms with Crippen LogP contribution in [0.2, 0.25) is 0 Å². The molecule has 2 N–H and O–H groups in total. The zero-order chi connectivity index (χ0) is 13.2. The summed E-state index contributed by atoms with van der Waals surface area (Å²) < 4.78 is 1.99. The number of aliphatic hydroxyl groups excluding tert-OH is 1. The summed E-state index contributed by atoms with van der Waals surface area (Å²) in [5.74, 6) is 0.905. The Morgan fingerprint density at radius 1 is 1.47 bits per heavy atom. The lowest BCUT2D eigenvalue weighted by Crippen LogP contribution is -2.35. The van der Waals surface area contributed by atoms with Gasteiger partial charge >= 0.3 is 0 Å². The Kier molecular flexibility index (Phi) is 3.89. The molecule has 4 nitrogen and oxygen atoms in total. The lowest BCUT2D eigenvalue weighted by atomic mass is 9.91. The van der Waals surface area contributed by atoms with Gasteiger partial charge in [0, 0.05) is 23.3 Å². The van der Waals surface area contributed by atoms with E-state index in [9.17, 15) is 0 Å². The highest BCUT2D eigenvalue weighted by Gasteiger charge is 2.33. The number of rotatable bonds is 6. The molecule has 0 aliphatic heterocycles. The van der Waals surface area contributed by atoms with E-state index in [1.54, 1.807) is 0 Å². The maximum absolute atomic E-state index is 9.09. The molecule has 2 aliphatic carbocycles. The van der Waals surface area contributed by atoms with Crippen molar-refractivity contribution in [3.05, 3.63) is 17.5 Å². The summed E-state index contributed by atoms with van der Waals surface area (Å²) >= 11 is 0. The first-order valence-corrected chi connectivity index (χ1v) is 7.75. The SMILES string of the molecule is CCC(NC1CCCc2c1cnn2CCO)C1CC1. The number of hydrogen-bond donors (Lipinski definition) is 2. The number of fused-ring (bicyclic) bond motifs is 1. The first-order valence-electron chi connectivity index (χ1n) is 7.75. The van der Waals surface area contributed by atoms with E-state index < -0.39 is 0 Å². The Bertz CT molecular complexity index is 425. The topological polar surface area (TPSA) is 50.1 Å². The molecule has 106 valence electrons. The van der Waals surface area contributed by atoms with E-state index in [1.807, 2.05) is 10.9 Å². The Morgan fingerprint density at radius 2 is 2.32 bits per heavy atom. The molecule has 0 radical (unpaired) electrons. The molecule has 3 rings (SSSR count). The Morgan fingerprint density at radius 3 is 3.00 bits per heavy atom. The fourth-order valence-corrected chi connectivity index (χ4v) is 3.42. The van der Waals surface area contributed by atoms with Crippen LogP contribution >= 0.6 is 0 Å². The van der Waals surface area contributed by atoms with Crippen molar-refractivity contribution in [2.24, 2.45) is 5.92 Å². The molecule has 2 unspecified atom stereocenters. The van der Waals surface area contributed by atoms with Crippen LogP contribution in [0.5, 0.6) is 0 Å². The number of nitrogens with one attached hydrogen (secondary N) is 1. The average Bonchev–Trinajstić information content (AvgIpc) is 3.19. The molecule has 1 saturated carbocycles. The summed E-state index contributed by atoms with van der Waals surface area (Å²) in [5, 5.41) is 17.4. The summed E-state index contributed by atoms with van der Waals surface area (Å²) in [5.41, 5.74) is 2.71. The first kappa shape index (κ1) is 13.1. The molecule has 2 aliphatic rings. The second-order valence-corrected chi connectivity index (χ2v) is 5.96. The van der Waals surface area contributed by atoms with Crippen LogP contribution in [0, 0.1) is 5.92 Å². The summed E-state index contributed by atoms with van der Waals surface area (Å²) in [6, 6.07) is 1.15. The fraction of sp³-hybridized carbons (Fsp3) is 0.800. The molecule has 0 amide bonds. The molecule has 19 heavy (non-hydrogen) atoms. The van der Waals surface area contributed by atoms with E-state index in [4.69, 9.17) is 5.11 Å². The van der Waals surface area contributed by atoms with Crippen molar-refractivity contribution in [1.29, 1.82) is 0 Å². The zero-order valence-corrected chi connectivity index (χ0v) is 11.8. The molecule has 0 spiro atoms.